The van der Waals surface area contributed by atoms with E-state index in [9.17, 15) is 4.79 Å². The van der Waals surface area contributed by atoms with Crippen LogP contribution in [0.15, 0.2) is 60.7 Å². The average Bonchev–Trinajstić information content (AvgIpc) is 2.46. The van der Waals surface area contributed by atoms with Gasteiger partial charge in [0.25, 0.3) is 0 Å². The Labute approximate surface area is 113 Å². The maximum Gasteiger partial charge on any atom is 0.237 e. The van der Waals surface area contributed by atoms with Crippen molar-refractivity contribution in [3.63, 3.8) is 0 Å². The van der Waals surface area contributed by atoms with Crippen molar-refractivity contribution in [1.29, 1.82) is 0 Å². The smallest absolute Gasteiger partial charge is 0.237 e. The summed E-state index contributed by atoms with van der Waals surface area (Å²) in [4.78, 5) is 11.9. The molecule has 2 aromatic rings. The van der Waals surface area contributed by atoms with Gasteiger partial charge < -0.3 is 11.1 Å². The summed E-state index contributed by atoms with van der Waals surface area (Å²) in [6.07, 6.45) is 0. The number of hydrogen-bond donors (Lipinski definition) is 2. The molecule has 0 aromatic heterocycles. The second-order valence-corrected chi connectivity index (χ2v) is 4.55. The van der Waals surface area contributed by atoms with E-state index in [2.05, 4.69) is 5.32 Å². The van der Waals surface area contributed by atoms with Crippen LogP contribution in [-0.2, 0) is 4.79 Å². The molecule has 0 aliphatic carbocycles. The number of carbonyl (C=O) groups is 1. The Morgan fingerprint density at radius 2 is 1.37 bits per heavy atom. The molecule has 3 heteroatoms. The molecule has 1 unspecified atom stereocenters. The van der Waals surface area contributed by atoms with Crippen molar-refractivity contribution in [2.45, 2.75) is 19.0 Å². The van der Waals surface area contributed by atoms with E-state index in [0.717, 1.165) is 11.1 Å². The molecule has 0 bridgehead atoms. The maximum absolute atomic E-state index is 11.9. The molecule has 0 heterocycles. The number of amides is 1. The molecule has 0 saturated heterocycles. The lowest BCUT2D eigenvalue weighted by molar-refractivity contribution is -0.122. The number of rotatable bonds is 4. The van der Waals surface area contributed by atoms with E-state index >= 15 is 0 Å². The Balaban J connectivity index is 2.32. The summed E-state index contributed by atoms with van der Waals surface area (Å²) in [5.41, 5.74) is 7.72. The molecule has 3 N–H and O–H groups in total. The summed E-state index contributed by atoms with van der Waals surface area (Å²) in [7, 11) is 0. The van der Waals surface area contributed by atoms with Crippen LogP contribution in [0.25, 0.3) is 0 Å². The molecule has 19 heavy (non-hydrogen) atoms. The van der Waals surface area contributed by atoms with Crippen LogP contribution in [0, 0.1) is 0 Å². The van der Waals surface area contributed by atoms with Gasteiger partial charge in [-0.2, -0.15) is 0 Å². The standard InChI is InChI=1S/C16H18N2O/c1-12(17)16(19)18-15(13-8-4-2-5-9-13)14-10-6-3-7-11-14/h2-12,15H,17H2,1H3,(H,18,19). The number of benzene rings is 2. The van der Waals surface area contributed by atoms with Crippen LogP contribution in [0.2, 0.25) is 0 Å². The van der Waals surface area contributed by atoms with Gasteiger partial charge in [0.1, 0.15) is 0 Å². The second-order valence-electron chi connectivity index (χ2n) is 4.55. The number of nitrogens with two attached hydrogens (primary N) is 1. The topological polar surface area (TPSA) is 55.1 Å². The normalized spacial score (nSPS) is 12.2. The monoisotopic (exact) mass is 254 g/mol. The minimum atomic E-state index is -0.519. The molecule has 0 fully saturated rings. The van der Waals surface area contributed by atoms with E-state index in [1.54, 1.807) is 6.92 Å². The van der Waals surface area contributed by atoms with E-state index in [4.69, 9.17) is 5.73 Å². The van der Waals surface area contributed by atoms with E-state index in [0.29, 0.717) is 0 Å². The lowest BCUT2D eigenvalue weighted by Crippen LogP contribution is -2.40. The molecule has 0 aliphatic heterocycles. The highest BCUT2D eigenvalue weighted by Crippen LogP contribution is 2.21. The van der Waals surface area contributed by atoms with Gasteiger partial charge in [-0.15, -0.1) is 0 Å². The molecule has 2 aromatic carbocycles. The molecule has 1 atom stereocenters. The van der Waals surface area contributed by atoms with Crippen LogP contribution in [0.3, 0.4) is 0 Å². The Bertz CT molecular complexity index is 483. The van der Waals surface area contributed by atoms with E-state index < -0.39 is 6.04 Å². The lowest BCUT2D eigenvalue weighted by Gasteiger charge is -2.21. The van der Waals surface area contributed by atoms with E-state index in [1.807, 2.05) is 60.7 Å². The molecule has 0 spiro atoms. The summed E-state index contributed by atoms with van der Waals surface area (Å²) in [6, 6.07) is 19.1. The summed E-state index contributed by atoms with van der Waals surface area (Å²) < 4.78 is 0. The highest BCUT2D eigenvalue weighted by molar-refractivity contribution is 5.81. The van der Waals surface area contributed by atoms with Gasteiger partial charge in [-0.1, -0.05) is 60.7 Å². The fourth-order valence-corrected chi connectivity index (χ4v) is 1.92. The zero-order valence-electron chi connectivity index (χ0n) is 10.9. The summed E-state index contributed by atoms with van der Waals surface area (Å²) >= 11 is 0. The number of nitrogens with one attached hydrogen (secondary N) is 1. The predicted molar refractivity (Wildman–Crippen MR) is 76.5 cm³/mol. The van der Waals surface area contributed by atoms with E-state index in [1.165, 1.54) is 0 Å². The van der Waals surface area contributed by atoms with Crippen molar-refractivity contribution < 1.29 is 4.79 Å². The highest BCUT2D eigenvalue weighted by atomic mass is 16.2. The second kappa shape index (κ2) is 6.16. The molecule has 2 rings (SSSR count). The molecule has 98 valence electrons. The number of carbonyl (C=O) groups excluding carboxylic acids is 1. The maximum atomic E-state index is 11.9. The molecule has 1 amide bonds. The third-order valence-electron chi connectivity index (χ3n) is 2.97. The third kappa shape index (κ3) is 3.42. The average molecular weight is 254 g/mol. The minimum Gasteiger partial charge on any atom is -0.344 e. The Kier molecular flexibility index (Phi) is 4.31. The van der Waals surface area contributed by atoms with Crippen molar-refractivity contribution in [1.82, 2.24) is 5.32 Å². The first-order valence-electron chi connectivity index (χ1n) is 6.34. The van der Waals surface area contributed by atoms with Gasteiger partial charge in [-0.3, -0.25) is 4.79 Å². The zero-order valence-corrected chi connectivity index (χ0v) is 10.9. The minimum absolute atomic E-state index is 0.155. The first-order chi connectivity index (χ1) is 9.18. The van der Waals surface area contributed by atoms with Crippen LogP contribution < -0.4 is 11.1 Å². The van der Waals surface area contributed by atoms with Crippen molar-refractivity contribution in [2.75, 3.05) is 0 Å². The molecular formula is C16H18N2O. The Hall–Kier alpha value is -2.13. The van der Waals surface area contributed by atoms with Gasteiger partial charge >= 0.3 is 0 Å². The SMILES string of the molecule is CC(N)C(=O)NC(c1ccccc1)c1ccccc1. The highest BCUT2D eigenvalue weighted by Gasteiger charge is 2.18. The first-order valence-corrected chi connectivity index (χ1v) is 6.34. The lowest BCUT2D eigenvalue weighted by atomic mass is 9.98. The van der Waals surface area contributed by atoms with Gasteiger partial charge in [0.05, 0.1) is 12.1 Å². The summed E-state index contributed by atoms with van der Waals surface area (Å²) in [5.74, 6) is -0.155. The molecule has 0 aliphatic rings. The van der Waals surface area contributed by atoms with Crippen molar-refractivity contribution in [2.24, 2.45) is 5.73 Å². The molecule has 3 nitrogen and oxygen atoms in total. The Morgan fingerprint density at radius 3 is 1.74 bits per heavy atom. The quantitative estimate of drug-likeness (QED) is 0.879. The fraction of sp³-hybridized carbons (Fsp3) is 0.188. The van der Waals surface area contributed by atoms with Gasteiger partial charge in [0.15, 0.2) is 0 Å². The number of hydrogen-bond acceptors (Lipinski definition) is 2. The van der Waals surface area contributed by atoms with Crippen LogP contribution in [0.5, 0.6) is 0 Å². The fourth-order valence-electron chi connectivity index (χ4n) is 1.92. The molecule has 0 saturated carbocycles. The van der Waals surface area contributed by atoms with Crippen molar-refractivity contribution >= 4 is 5.91 Å². The largest absolute Gasteiger partial charge is 0.344 e. The van der Waals surface area contributed by atoms with Gasteiger partial charge in [0.2, 0.25) is 5.91 Å². The Morgan fingerprint density at radius 1 is 0.947 bits per heavy atom. The van der Waals surface area contributed by atoms with E-state index in [-0.39, 0.29) is 11.9 Å². The molecular weight excluding hydrogens is 236 g/mol. The van der Waals surface area contributed by atoms with Crippen LogP contribution in [0.4, 0.5) is 0 Å². The van der Waals surface area contributed by atoms with Crippen LogP contribution >= 0.6 is 0 Å². The van der Waals surface area contributed by atoms with Gasteiger partial charge in [0, 0.05) is 0 Å². The van der Waals surface area contributed by atoms with Crippen molar-refractivity contribution in [3.05, 3.63) is 71.8 Å². The molecule has 0 radical (unpaired) electrons. The van der Waals surface area contributed by atoms with Gasteiger partial charge in [-0.05, 0) is 18.1 Å². The third-order valence-corrected chi connectivity index (χ3v) is 2.97. The van der Waals surface area contributed by atoms with Crippen molar-refractivity contribution in [3.8, 4) is 0 Å². The van der Waals surface area contributed by atoms with Crippen LogP contribution in [0.1, 0.15) is 24.1 Å². The summed E-state index contributed by atoms with van der Waals surface area (Å²) in [6.45, 7) is 1.68. The first kappa shape index (κ1) is 13.3. The summed E-state index contributed by atoms with van der Waals surface area (Å²) in [5, 5.41) is 2.99. The van der Waals surface area contributed by atoms with Crippen LogP contribution in [-0.4, -0.2) is 11.9 Å². The zero-order chi connectivity index (χ0) is 13.7. The predicted octanol–water partition coefficient (Wildman–Crippen LogP) is 2.24. The van der Waals surface area contributed by atoms with Gasteiger partial charge in [-0.25, -0.2) is 0 Å².